The van der Waals surface area contributed by atoms with E-state index in [-0.39, 0.29) is 16.9 Å². The molecule has 0 amide bonds. The van der Waals surface area contributed by atoms with E-state index in [1.807, 2.05) is 12.3 Å². The van der Waals surface area contributed by atoms with E-state index >= 15 is 0 Å². The van der Waals surface area contributed by atoms with Gasteiger partial charge in [-0.05, 0) is 96.3 Å². The molecule has 0 saturated heterocycles. The molecule has 0 unspecified atom stereocenters. The summed E-state index contributed by atoms with van der Waals surface area (Å²) >= 11 is 0. The lowest BCUT2D eigenvalue weighted by molar-refractivity contribution is 0.236. The van der Waals surface area contributed by atoms with E-state index in [0.29, 0.717) is 12.5 Å². The van der Waals surface area contributed by atoms with Crippen LogP contribution in [0.4, 0.5) is 0 Å². The number of hydrogen-bond acceptors (Lipinski definition) is 4. The summed E-state index contributed by atoms with van der Waals surface area (Å²) in [6.07, 6.45) is 1.88. The molecule has 0 fully saturated rings. The van der Waals surface area contributed by atoms with E-state index in [0.717, 1.165) is 45.0 Å². The van der Waals surface area contributed by atoms with Gasteiger partial charge in [0.2, 0.25) is 5.90 Å². The molecule has 3 heterocycles. The Kier molecular flexibility index (Phi) is 6.68. The van der Waals surface area contributed by atoms with Crippen LogP contribution in [-0.4, -0.2) is 28.1 Å². The maximum atomic E-state index is 6.61. The summed E-state index contributed by atoms with van der Waals surface area (Å²) in [5.74, 6) is 3.17. The lowest BCUT2D eigenvalue weighted by Crippen LogP contribution is -2.25. The number of pyridine rings is 1. The second-order valence-corrected chi connectivity index (χ2v) is 13.8. The first-order valence-electron chi connectivity index (χ1n) is 14.8. The number of hydrogen-bond donors (Lipinski definition) is 0. The predicted molar refractivity (Wildman–Crippen MR) is 174 cm³/mol. The van der Waals surface area contributed by atoms with Gasteiger partial charge in [-0.2, -0.15) is 0 Å². The van der Waals surface area contributed by atoms with Gasteiger partial charge >= 0.3 is 0 Å². The van der Waals surface area contributed by atoms with E-state index in [9.17, 15) is 0 Å². The van der Waals surface area contributed by atoms with Gasteiger partial charge in [0.15, 0.2) is 0 Å². The first-order valence-corrected chi connectivity index (χ1v) is 14.8. The number of aromatic nitrogens is 2. The van der Waals surface area contributed by atoms with Crippen LogP contribution in [0.15, 0.2) is 71.9 Å². The minimum atomic E-state index is 0.0490. The summed E-state index contributed by atoms with van der Waals surface area (Å²) in [5, 5.41) is 2.39. The Balaban J connectivity index is 1.47. The van der Waals surface area contributed by atoms with Crippen molar-refractivity contribution in [2.75, 3.05) is 6.61 Å². The van der Waals surface area contributed by atoms with Crippen molar-refractivity contribution in [2.24, 2.45) is 10.4 Å². The monoisotopic (exact) mass is 559 g/mol. The van der Waals surface area contributed by atoms with Crippen LogP contribution in [0.3, 0.4) is 0 Å². The maximum absolute atomic E-state index is 6.61. The van der Waals surface area contributed by atoms with Crippen molar-refractivity contribution in [1.82, 2.24) is 9.55 Å². The Morgan fingerprint density at radius 3 is 2.29 bits per heavy atom. The molecule has 2 aromatic heterocycles. The highest BCUT2D eigenvalue weighted by Crippen LogP contribution is 2.38. The molecule has 5 nitrogen and oxygen atoms in total. The lowest BCUT2D eigenvalue weighted by Gasteiger charge is -2.21. The Bertz CT molecular complexity index is 1860. The molecule has 6 rings (SSSR count). The Morgan fingerprint density at radius 1 is 0.810 bits per heavy atom. The van der Waals surface area contributed by atoms with Crippen LogP contribution >= 0.6 is 0 Å². The average molecular weight is 560 g/mol. The van der Waals surface area contributed by atoms with Crippen molar-refractivity contribution >= 4 is 27.7 Å². The van der Waals surface area contributed by atoms with Gasteiger partial charge in [-0.1, -0.05) is 53.7 Å². The maximum Gasteiger partial charge on any atom is 0.216 e. The topological polar surface area (TPSA) is 48.6 Å². The molecule has 3 aromatic carbocycles. The number of aliphatic imine (C=N–C) groups is 1. The molecule has 1 aliphatic heterocycles. The Morgan fingerprint density at radius 2 is 1.60 bits per heavy atom. The minimum Gasteiger partial charge on any atom is -0.475 e. The van der Waals surface area contributed by atoms with Crippen molar-refractivity contribution in [3.05, 3.63) is 94.7 Å². The van der Waals surface area contributed by atoms with Gasteiger partial charge in [0, 0.05) is 28.6 Å². The highest BCUT2D eigenvalue weighted by Gasteiger charge is 2.31. The van der Waals surface area contributed by atoms with Gasteiger partial charge in [-0.3, -0.25) is 4.57 Å². The molecule has 42 heavy (non-hydrogen) atoms. The first kappa shape index (κ1) is 28.0. The van der Waals surface area contributed by atoms with Crippen LogP contribution in [0.1, 0.15) is 69.4 Å². The molecule has 0 bridgehead atoms. The van der Waals surface area contributed by atoms with Crippen LogP contribution in [0, 0.1) is 26.2 Å². The molecule has 0 spiro atoms. The second-order valence-electron chi connectivity index (χ2n) is 13.8. The van der Waals surface area contributed by atoms with Crippen molar-refractivity contribution in [3.8, 4) is 17.3 Å². The Labute approximate surface area is 249 Å². The number of aryl methyl sites for hydroxylation is 3. The zero-order valence-electron chi connectivity index (χ0n) is 26.3. The van der Waals surface area contributed by atoms with Crippen molar-refractivity contribution in [3.63, 3.8) is 0 Å². The fourth-order valence-corrected chi connectivity index (χ4v) is 5.68. The SMILES string of the molecule is Cc1ccnc(-n2c3ccc(C(C)(C)C)cc3c3ccc(Oc4cc(C5=N[C@H](C(C)(C)C)CO5)c(C)cc4C)cc32)c1. The smallest absolute Gasteiger partial charge is 0.216 e. The van der Waals surface area contributed by atoms with Crippen molar-refractivity contribution < 1.29 is 9.47 Å². The third-order valence-electron chi connectivity index (χ3n) is 8.36. The van der Waals surface area contributed by atoms with E-state index in [1.54, 1.807) is 0 Å². The number of ether oxygens (including phenoxy) is 2. The second kappa shape index (κ2) is 10.0. The van der Waals surface area contributed by atoms with Gasteiger partial charge in [0.05, 0.1) is 17.1 Å². The summed E-state index contributed by atoms with van der Waals surface area (Å²) in [6.45, 7) is 20.3. The predicted octanol–water partition coefficient (Wildman–Crippen LogP) is 9.39. The molecule has 1 aliphatic rings. The molecule has 0 radical (unpaired) electrons. The molecule has 1 atom stereocenters. The van der Waals surface area contributed by atoms with E-state index in [4.69, 9.17) is 19.5 Å². The third kappa shape index (κ3) is 5.06. The zero-order chi connectivity index (χ0) is 30.0. The van der Waals surface area contributed by atoms with E-state index in [1.165, 1.54) is 21.9 Å². The van der Waals surface area contributed by atoms with Gasteiger partial charge in [-0.25, -0.2) is 9.98 Å². The summed E-state index contributed by atoms with van der Waals surface area (Å²) in [6, 6.07) is 21.7. The van der Waals surface area contributed by atoms with Crippen LogP contribution in [0.2, 0.25) is 0 Å². The van der Waals surface area contributed by atoms with Crippen LogP contribution < -0.4 is 4.74 Å². The molecular formula is C37H41N3O2. The third-order valence-corrected chi connectivity index (χ3v) is 8.36. The van der Waals surface area contributed by atoms with Crippen LogP contribution in [0.25, 0.3) is 27.6 Å². The van der Waals surface area contributed by atoms with Crippen molar-refractivity contribution in [2.45, 2.75) is 73.8 Å². The minimum absolute atomic E-state index is 0.0490. The van der Waals surface area contributed by atoms with E-state index in [2.05, 4.69) is 121 Å². The summed E-state index contributed by atoms with van der Waals surface area (Å²) in [4.78, 5) is 9.70. The largest absolute Gasteiger partial charge is 0.475 e. The van der Waals surface area contributed by atoms with Crippen LogP contribution in [-0.2, 0) is 10.2 Å². The van der Waals surface area contributed by atoms with Crippen molar-refractivity contribution in [1.29, 1.82) is 0 Å². The molecule has 5 aromatic rings. The standard InChI is InChI=1S/C37H41N3O2/c1-22-14-15-38-34(16-22)40-30-13-10-25(36(4,5)6)18-29(30)27-12-11-26(19-31(27)40)42-32-20-28(23(2)17-24(32)3)35-39-33(21-41-35)37(7,8)9/h10-20,33H,21H2,1-9H3/t33-/m0/s1. The fraction of sp³-hybridized carbons (Fsp3) is 0.351. The highest BCUT2D eigenvalue weighted by atomic mass is 16.5. The summed E-state index contributed by atoms with van der Waals surface area (Å²) in [7, 11) is 0. The average Bonchev–Trinajstić information content (AvgIpc) is 3.53. The molecule has 0 aliphatic carbocycles. The quantitative estimate of drug-likeness (QED) is 0.220. The summed E-state index contributed by atoms with van der Waals surface area (Å²) < 4.78 is 14.9. The highest BCUT2D eigenvalue weighted by molar-refractivity contribution is 6.09. The van der Waals surface area contributed by atoms with Gasteiger partial charge in [-0.15, -0.1) is 0 Å². The van der Waals surface area contributed by atoms with Gasteiger partial charge in [0.25, 0.3) is 0 Å². The molecule has 5 heteroatoms. The zero-order valence-corrected chi connectivity index (χ0v) is 26.3. The first-order chi connectivity index (χ1) is 19.8. The molecular weight excluding hydrogens is 518 g/mol. The van der Waals surface area contributed by atoms with Gasteiger partial charge in [0.1, 0.15) is 23.9 Å². The number of nitrogens with zero attached hydrogens (tertiary/aromatic N) is 3. The molecule has 0 saturated carbocycles. The summed E-state index contributed by atoms with van der Waals surface area (Å²) in [5.41, 5.74) is 7.95. The normalized spacial score (nSPS) is 15.7. The Hall–Kier alpha value is -4.12. The number of rotatable bonds is 4. The van der Waals surface area contributed by atoms with Crippen LogP contribution in [0.5, 0.6) is 11.5 Å². The molecule has 0 N–H and O–H groups in total. The van der Waals surface area contributed by atoms with Gasteiger partial charge < -0.3 is 9.47 Å². The number of fused-ring (bicyclic) bond motifs is 3. The molecule has 216 valence electrons. The fourth-order valence-electron chi connectivity index (χ4n) is 5.68. The lowest BCUT2D eigenvalue weighted by atomic mass is 9.86. The van der Waals surface area contributed by atoms with E-state index < -0.39 is 0 Å². The number of benzene rings is 3.